The highest BCUT2D eigenvalue weighted by atomic mass is 15.1. The summed E-state index contributed by atoms with van der Waals surface area (Å²) >= 11 is 0. The van der Waals surface area contributed by atoms with Crippen LogP contribution in [0.2, 0.25) is 0 Å². The van der Waals surface area contributed by atoms with Crippen molar-refractivity contribution in [1.82, 2.24) is 14.5 Å². The number of likely N-dealkylation sites (N-methyl/N-ethyl adjacent to an activating group) is 1. The van der Waals surface area contributed by atoms with Gasteiger partial charge in [-0.15, -0.1) is 0 Å². The van der Waals surface area contributed by atoms with Crippen LogP contribution in [-0.2, 0) is 13.5 Å². The number of rotatable bonds is 7. The second-order valence-electron chi connectivity index (χ2n) is 5.80. The van der Waals surface area contributed by atoms with Crippen LogP contribution < -0.4 is 0 Å². The average molecular weight is 249 g/mol. The van der Waals surface area contributed by atoms with Crippen molar-refractivity contribution in [2.75, 3.05) is 20.1 Å². The molecular formula is C15H27N3. The van der Waals surface area contributed by atoms with E-state index in [1.807, 2.05) is 12.4 Å². The molecule has 0 amide bonds. The van der Waals surface area contributed by atoms with E-state index in [0.717, 1.165) is 18.9 Å². The van der Waals surface area contributed by atoms with E-state index >= 15 is 0 Å². The van der Waals surface area contributed by atoms with Crippen molar-refractivity contribution in [1.29, 1.82) is 0 Å². The minimum absolute atomic E-state index is 1.04. The van der Waals surface area contributed by atoms with Crippen LogP contribution in [-0.4, -0.2) is 34.6 Å². The van der Waals surface area contributed by atoms with Crippen LogP contribution in [0, 0.1) is 5.92 Å². The maximum absolute atomic E-state index is 4.37. The van der Waals surface area contributed by atoms with E-state index in [2.05, 4.69) is 28.5 Å². The number of nitrogens with zero attached hydrogens (tertiary/aromatic N) is 3. The molecule has 0 aliphatic heterocycles. The molecule has 3 heteroatoms. The number of aromatic nitrogens is 2. The van der Waals surface area contributed by atoms with Gasteiger partial charge in [0, 0.05) is 32.4 Å². The van der Waals surface area contributed by atoms with E-state index in [-0.39, 0.29) is 0 Å². The lowest BCUT2D eigenvalue weighted by molar-refractivity contribution is 0.313. The topological polar surface area (TPSA) is 21.1 Å². The van der Waals surface area contributed by atoms with Gasteiger partial charge in [0.05, 0.1) is 0 Å². The van der Waals surface area contributed by atoms with Crippen LogP contribution in [0.1, 0.15) is 44.3 Å². The van der Waals surface area contributed by atoms with Gasteiger partial charge < -0.3 is 9.47 Å². The third-order valence-corrected chi connectivity index (χ3v) is 4.27. The molecule has 1 fully saturated rings. The molecule has 18 heavy (non-hydrogen) atoms. The summed E-state index contributed by atoms with van der Waals surface area (Å²) in [7, 11) is 4.31. The molecule has 0 saturated heterocycles. The van der Waals surface area contributed by atoms with Gasteiger partial charge in [-0.05, 0) is 32.4 Å². The highest BCUT2D eigenvalue weighted by Gasteiger charge is 2.14. The number of aryl methyl sites for hydroxylation is 1. The van der Waals surface area contributed by atoms with E-state index in [0.29, 0.717) is 0 Å². The quantitative estimate of drug-likeness (QED) is 0.741. The van der Waals surface area contributed by atoms with Gasteiger partial charge in [-0.1, -0.05) is 25.7 Å². The van der Waals surface area contributed by atoms with Crippen molar-refractivity contribution in [3.8, 4) is 0 Å². The van der Waals surface area contributed by atoms with Gasteiger partial charge in [0.1, 0.15) is 5.82 Å². The Labute approximate surface area is 111 Å². The smallest absolute Gasteiger partial charge is 0.109 e. The fourth-order valence-electron chi connectivity index (χ4n) is 2.99. The maximum atomic E-state index is 4.37. The summed E-state index contributed by atoms with van der Waals surface area (Å²) in [6.45, 7) is 2.36. The lowest BCUT2D eigenvalue weighted by Crippen LogP contribution is -2.23. The van der Waals surface area contributed by atoms with Crippen molar-refractivity contribution in [3.05, 3.63) is 18.2 Å². The Morgan fingerprint density at radius 1 is 1.33 bits per heavy atom. The molecule has 0 N–H and O–H groups in total. The Bertz CT molecular complexity index is 339. The van der Waals surface area contributed by atoms with E-state index in [1.165, 1.54) is 50.9 Å². The van der Waals surface area contributed by atoms with Gasteiger partial charge in [0.2, 0.25) is 0 Å². The Morgan fingerprint density at radius 3 is 2.78 bits per heavy atom. The summed E-state index contributed by atoms with van der Waals surface area (Å²) in [5, 5.41) is 0. The number of imidazole rings is 1. The fourth-order valence-corrected chi connectivity index (χ4v) is 2.99. The van der Waals surface area contributed by atoms with Crippen LogP contribution in [0.25, 0.3) is 0 Å². The van der Waals surface area contributed by atoms with Crippen LogP contribution in [0.15, 0.2) is 12.4 Å². The van der Waals surface area contributed by atoms with Crippen molar-refractivity contribution >= 4 is 0 Å². The Kier molecular flexibility index (Phi) is 5.24. The second-order valence-corrected chi connectivity index (χ2v) is 5.80. The minimum Gasteiger partial charge on any atom is -0.338 e. The molecule has 2 rings (SSSR count). The highest BCUT2D eigenvalue weighted by molar-refractivity contribution is 4.91. The van der Waals surface area contributed by atoms with E-state index in [4.69, 9.17) is 0 Å². The number of hydrogen-bond donors (Lipinski definition) is 0. The van der Waals surface area contributed by atoms with Gasteiger partial charge in [0.15, 0.2) is 0 Å². The third-order valence-electron chi connectivity index (χ3n) is 4.27. The molecule has 0 atom stereocenters. The predicted octanol–water partition coefficient (Wildman–Crippen LogP) is 2.86. The lowest BCUT2D eigenvalue weighted by Gasteiger charge is -2.17. The number of hydrogen-bond acceptors (Lipinski definition) is 2. The fraction of sp³-hybridized carbons (Fsp3) is 0.800. The zero-order valence-electron chi connectivity index (χ0n) is 11.9. The highest BCUT2D eigenvalue weighted by Crippen LogP contribution is 2.28. The van der Waals surface area contributed by atoms with Crippen LogP contribution in [0.5, 0.6) is 0 Å². The van der Waals surface area contributed by atoms with E-state index in [1.54, 1.807) is 0 Å². The summed E-state index contributed by atoms with van der Waals surface area (Å²) in [6.07, 6.45) is 13.7. The molecule has 102 valence electrons. The molecule has 3 nitrogen and oxygen atoms in total. The molecule has 0 unspecified atom stereocenters. The minimum atomic E-state index is 1.04. The largest absolute Gasteiger partial charge is 0.338 e. The average Bonchev–Trinajstić information content (AvgIpc) is 2.98. The Morgan fingerprint density at radius 2 is 2.11 bits per heavy atom. The monoisotopic (exact) mass is 249 g/mol. The van der Waals surface area contributed by atoms with E-state index < -0.39 is 0 Å². The van der Waals surface area contributed by atoms with Crippen molar-refractivity contribution < 1.29 is 0 Å². The SMILES string of the molecule is CN(CCCC1CCCC1)CCc1nccn1C. The van der Waals surface area contributed by atoms with Crippen molar-refractivity contribution in [2.24, 2.45) is 13.0 Å². The van der Waals surface area contributed by atoms with Gasteiger partial charge in [0.25, 0.3) is 0 Å². The molecule has 1 aliphatic carbocycles. The first-order valence-electron chi connectivity index (χ1n) is 7.40. The van der Waals surface area contributed by atoms with Crippen molar-refractivity contribution in [2.45, 2.75) is 44.9 Å². The zero-order valence-corrected chi connectivity index (χ0v) is 11.9. The molecule has 1 aromatic rings. The summed E-state index contributed by atoms with van der Waals surface area (Å²) in [5.41, 5.74) is 0. The molecule has 1 aromatic heterocycles. The predicted molar refractivity (Wildman–Crippen MR) is 75.6 cm³/mol. The Balaban J connectivity index is 1.57. The first-order valence-corrected chi connectivity index (χ1v) is 7.40. The lowest BCUT2D eigenvalue weighted by atomic mass is 10.0. The molecule has 0 bridgehead atoms. The third kappa shape index (κ3) is 4.13. The van der Waals surface area contributed by atoms with Crippen molar-refractivity contribution in [3.63, 3.8) is 0 Å². The summed E-state index contributed by atoms with van der Waals surface area (Å²) < 4.78 is 2.12. The van der Waals surface area contributed by atoms with Gasteiger partial charge in [-0.2, -0.15) is 0 Å². The summed E-state index contributed by atoms with van der Waals surface area (Å²) in [6, 6.07) is 0. The normalized spacial score (nSPS) is 16.8. The van der Waals surface area contributed by atoms with Gasteiger partial charge in [-0.3, -0.25) is 0 Å². The summed E-state index contributed by atoms with van der Waals surface area (Å²) in [5.74, 6) is 2.23. The first-order chi connectivity index (χ1) is 8.75. The first kappa shape index (κ1) is 13.6. The molecular weight excluding hydrogens is 222 g/mol. The molecule has 0 aromatic carbocycles. The maximum Gasteiger partial charge on any atom is 0.109 e. The van der Waals surface area contributed by atoms with Crippen LogP contribution in [0.4, 0.5) is 0 Å². The zero-order chi connectivity index (χ0) is 12.8. The molecule has 1 heterocycles. The molecule has 0 radical (unpaired) electrons. The van der Waals surface area contributed by atoms with Crippen LogP contribution in [0.3, 0.4) is 0 Å². The molecule has 1 aliphatic rings. The van der Waals surface area contributed by atoms with Gasteiger partial charge >= 0.3 is 0 Å². The molecule has 0 spiro atoms. The summed E-state index contributed by atoms with van der Waals surface area (Å²) in [4.78, 5) is 6.82. The van der Waals surface area contributed by atoms with Gasteiger partial charge in [-0.25, -0.2) is 4.98 Å². The Hall–Kier alpha value is -0.830. The van der Waals surface area contributed by atoms with E-state index in [9.17, 15) is 0 Å². The molecule has 1 saturated carbocycles. The van der Waals surface area contributed by atoms with Crippen LogP contribution >= 0.6 is 0 Å². The second kappa shape index (κ2) is 6.93. The standard InChI is InChI=1S/C15H27N3/c1-17(11-5-8-14-6-3-4-7-14)12-9-15-16-10-13-18(15)2/h10,13-14H,3-9,11-12H2,1-2H3.